The van der Waals surface area contributed by atoms with Crippen LogP contribution in [-0.4, -0.2) is 29.4 Å². The Balaban J connectivity index is 1.82. The average Bonchev–Trinajstić information content (AvgIpc) is 2.48. The number of hydrogen-bond donors (Lipinski definition) is 1. The molecule has 5 nitrogen and oxygen atoms in total. The van der Waals surface area contributed by atoms with Gasteiger partial charge >= 0.3 is 0 Å². The topological polar surface area (TPSA) is 64.1 Å². The van der Waals surface area contributed by atoms with Gasteiger partial charge < -0.3 is 10.1 Å². The highest BCUT2D eigenvalue weighted by atomic mass is 16.5. The van der Waals surface area contributed by atoms with Crippen molar-refractivity contribution in [3.05, 3.63) is 47.4 Å². The number of hydrogen-bond acceptors (Lipinski definition) is 5. The van der Waals surface area contributed by atoms with Gasteiger partial charge in [0.05, 0.1) is 12.7 Å². The van der Waals surface area contributed by atoms with E-state index in [-0.39, 0.29) is 5.78 Å². The molecule has 0 atom stereocenters. The van der Waals surface area contributed by atoms with Crippen molar-refractivity contribution in [1.29, 1.82) is 0 Å². The number of nitrogens with one attached hydrogen (secondary N) is 1. The number of aromatic nitrogens is 2. The minimum atomic E-state index is 0.106. The van der Waals surface area contributed by atoms with Crippen LogP contribution < -0.4 is 10.1 Å². The number of ketones is 1. The first-order valence-electron chi connectivity index (χ1n) is 6.52. The van der Waals surface area contributed by atoms with Crippen LogP contribution >= 0.6 is 0 Å². The lowest BCUT2D eigenvalue weighted by Gasteiger charge is -2.15. The summed E-state index contributed by atoms with van der Waals surface area (Å²) in [7, 11) is 1.64. The fourth-order valence-corrected chi connectivity index (χ4v) is 2.20. The fraction of sp³-hybridized carbons (Fsp3) is 0.267. The molecule has 0 saturated heterocycles. The molecule has 1 aromatic carbocycles. The zero-order chi connectivity index (χ0) is 13.9. The highest BCUT2D eigenvalue weighted by Gasteiger charge is 2.18. The number of anilines is 1. The number of nitrogens with zero attached hydrogens (tertiary/aromatic N) is 2. The summed E-state index contributed by atoms with van der Waals surface area (Å²) in [6, 6.07) is 7.80. The first-order valence-corrected chi connectivity index (χ1v) is 6.52. The highest BCUT2D eigenvalue weighted by Crippen LogP contribution is 2.20. The second kappa shape index (κ2) is 5.28. The normalized spacial score (nSPS) is 13.6. The van der Waals surface area contributed by atoms with E-state index in [9.17, 15) is 4.79 Å². The summed E-state index contributed by atoms with van der Waals surface area (Å²) in [6.45, 7) is 0.644. The van der Waals surface area contributed by atoms with Crippen LogP contribution in [-0.2, 0) is 6.42 Å². The second-order valence-electron chi connectivity index (χ2n) is 4.67. The average molecular weight is 269 g/mol. The molecule has 0 bridgehead atoms. The number of benzene rings is 1. The van der Waals surface area contributed by atoms with Gasteiger partial charge in [-0.15, -0.1) is 0 Å². The molecule has 0 amide bonds. The van der Waals surface area contributed by atoms with Crippen LogP contribution in [0.5, 0.6) is 5.75 Å². The number of Topliss-reactive ketones (excluding diaryl/α,β-unsaturated/α-hetero) is 1. The molecule has 0 saturated carbocycles. The van der Waals surface area contributed by atoms with Crippen molar-refractivity contribution in [1.82, 2.24) is 9.97 Å². The smallest absolute Gasteiger partial charge is 0.169 e. The quantitative estimate of drug-likeness (QED) is 0.924. The predicted octanol–water partition coefficient (Wildman–Crippen LogP) is 2.07. The Kier molecular flexibility index (Phi) is 3.33. The van der Waals surface area contributed by atoms with Gasteiger partial charge in [0.2, 0.25) is 0 Å². The molecule has 0 fully saturated rings. The lowest BCUT2D eigenvalue weighted by Crippen LogP contribution is -2.20. The van der Waals surface area contributed by atoms with E-state index in [4.69, 9.17) is 4.74 Å². The fourth-order valence-electron chi connectivity index (χ4n) is 2.20. The monoisotopic (exact) mass is 269 g/mol. The van der Waals surface area contributed by atoms with E-state index in [1.54, 1.807) is 13.3 Å². The van der Waals surface area contributed by atoms with Gasteiger partial charge in [0.1, 0.15) is 17.4 Å². The van der Waals surface area contributed by atoms with E-state index in [0.717, 1.165) is 11.3 Å². The molecule has 1 aliphatic heterocycles. The summed E-state index contributed by atoms with van der Waals surface area (Å²) in [4.78, 5) is 20.4. The molecule has 0 unspecified atom stereocenters. The molecule has 2 aromatic rings. The maximum absolute atomic E-state index is 11.7. The largest absolute Gasteiger partial charge is 0.497 e. The van der Waals surface area contributed by atoms with Gasteiger partial charge in [0, 0.05) is 25.6 Å². The SMILES string of the molecule is COc1ccc(Cc2ncc3c(n2)NCCC3=O)cc1. The summed E-state index contributed by atoms with van der Waals surface area (Å²) in [5.41, 5.74) is 1.70. The summed E-state index contributed by atoms with van der Waals surface area (Å²) in [5, 5.41) is 3.15. The Morgan fingerprint density at radius 2 is 2.10 bits per heavy atom. The molecule has 5 heteroatoms. The standard InChI is InChI=1S/C15H15N3O2/c1-20-11-4-2-10(3-5-11)8-14-17-9-12-13(19)6-7-16-15(12)18-14/h2-5,9H,6-8H2,1H3,(H,16,17,18). The third-order valence-electron chi connectivity index (χ3n) is 3.30. The molecule has 2 heterocycles. The number of fused-ring (bicyclic) bond motifs is 1. The first kappa shape index (κ1) is 12.6. The van der Waals surface area contributed by atoms with Crippen LogP contribution in [0.15, 0.2) is 30.5 Å². The Hall–Kier alpha value is -2.43. The molecule has 0 aliphatic carbocycles. The maximum atomic E-state index is 11.7. The van der Waals surface area contributed by atoms with Crippen molar-refractivity contribution in [3.63, 3.8) is 0 Å². The molecule has 3 rings (SSSR count). The van der Waals surface area contributed by atoms with Crippen molar-refractivity contribution in [2.75, 3.05) is 19.0 Å². The second-order valence-corrected chi connectivity index (χ2v) is 4.67. The van der Waals surface area contributed by atoms with Gasteiger partial charge in [-0.1, -0.05) is 12.1 Å². The Morgan fingerprint density at radius 3 is 2.85 bits per heavy atom. The lowest BCUT2D eigenvalue weighted by atomic mass is 10.1. The molecule has 1 N–H and O–H groups in total. The summed E-state index contributed by atoms with van der Waals surface area (Å²) < 4.78 is 5.13. The van der Waals surface area contributed by atoms with E-state index in [1.807, 2.05) is 24.3 Å². The van der Waals surface area contributed by atoms with Gasteiger partial charge in [-0.25, -0.2) is 9.97 Å². The van der Waals surface area contributed by atoms with Gasteiger partial charge in [-0.2, -0.15) is 0 Å². The number of rotatable bonds is 3. The van der Waals surface area contributed by atoms with Crippen LogP contribution in [0.2, 0.25) is 0 Å². The van der Waals surface area contributed by atoms with Crippen LogP contribution in [0.25, 0.3) is 0 Å². The minimum Gasteiger partial charge on any atom is -0.497 e. The Bertz CT molecular complexity index is 638. The van der Waals surface area contributed by atoms with E-state index in [1.165, 1.54) is 0 Å². The van der Waals surface area contributed by atoms with E-state index in [2.05, 4.69) is 15.3 Å². The van der Waals surface area contributed by atoms with Crippen molar-refractivity contribution in [2.45, 2.75) is 12.8 Å². The van der Waals surface area contributed by atoms with Crippen LogP contribution in [0.3, 0.4) is 0 Å². The zero-order valence-corrected chi connectivity index (χ0v) is 11.2. The highest BCUT2D eigenvalue weighted by molar-refractivity contribution is 6.01. The molecule has 20 heavy (non-hydrogen) atoms. The number of carbonyl (C=O) groups excluding carboxylic acids is 1. The Morgan fingerprint density at radius 1 is 1.30 bits per heavy atom. The van der Waals surface area contributed by atoms with Crippen LogP contribution in [0.1, 0.15) is 28.2 Å². The van der Waals surface area contributed by atoms with Crippen molar-refractivity contribution in [3.8, 4) is 5.75 Å². The third-order valence-corrected chi connectivity index (χ3v) is 3.30. The first-order chi connectivity index (χ1) is 9.76. The Labute approximate surface area is 117 Å². The van der Waals surface area contributed by atoms with Crippen molar-refractivity contribution >= 4 is 11.6 Å². The molecule has 0 radical (unpaired) electrons. The van der Waals surface area contributed by atoms with E-state index < -0.39 is 0 Å². The van der Waals surface area contributed by atoms with Crippen LogP contribution in [0, 0.1) is 0 Å². The third kappa shape index (κ3) is 2.47. The van der Waals surface area contributed by atoms with E-state index in [0.29, 0.717) is 36.6 Å². The number of ether oxygens (including phenoxy) is 1. The maximum Gasteiger partial charge on any atom is 0.169 e. The summed E-state index contributed by atoms with van der Waals surface area (Å²) in [6.07, 6.45) is 2.76. The molecule has 1 aromatic heterocycles. The molecule has 0 spiro atoms. The summed E-state index contributed by atoms with van der Waals surface area (Å²) >= 11 is 0. The summed E-state index contributed by atoms with van der Waals surface area (Å²) in [5.74, 6) is 2.29. The number of methoxy groups -OCH3 is 1. The molecular formula is C15H15N3O2. The number of carbonyl (C=O) groups is 1. The van der Waals surface area contributed by atoms with Gasteiger partial charge in [0.15, 0.2) is 5.78 Å². The van der Waals surface area contributed by atoms with Gasteiger partial charge in [-0.3, -0.25) is 4.79 Å². The molecule has 102 valence electrons. The lowest BCUT2D eigenvalue weighted by molar-refractivity contribution is 0.0983. The van der Waals surface area contributed by atoms with Gasteiger partial charge in [-0.05, 0) is 17.7 Å². The van der Waals surface area contributed by atoms with Crippen molar-refractivity contribution in [2.24, 2.45) is 0 Å². The minimum absolute atomic E-state index is 0.106. The van der Waals surface area contributed by atoms with Gasteiger partial charge in [0.25, 0.3) is 0 Å². The van der Waals surface area contributed by atoms with Crippen molar-refractivity contribution < 1.29 is 9.53 Å². The molecular weight excluding hydrogens is 254 g/mol. The predicted molar refractivity (Wildman–Crippen MR) is 75.3 cm³/mol. The van der Waals surface area contributed by atoms with Crippen LogP contribution in [0.4, 0.5) is 5.82 Å². The van der Waals surface area contributed by atoms with E-state index >= 15 is 0 Å². The zero-order valence-electron chi connectivity index (χ0n) is 11.2. The molecule has 1 aliphatic rings.